The van der Waals surface area contributed by atoms with Crippen LogP contribution >= 0.6 is 22.9 Å². The van der Waals surface area contributed by atoms with E-state index in [4.69, 9.17) is 17.3 Å². The van der Waals surface area contributed by atoms with Gasteiger partial charge in [-0.05, 0) is 41.4 Å². The predicted octanol–water partition coefficient (Wildman–Crippen LogP) is 4.16. The lowest BCUT2D eigenvalue weighted by molar-refractivity contribution is 0.891. The first-order chi connectivity index (χ1) is 7.68. The monoisotopic (exact) mass is 252 g/mol. The number of benzene rings is 1. The number of thiophene rings is 1. The van der Waals surface area contributed by atoms with E-state index in [9.17, 15) is 0 Å². The number of nitrogens with two attached hydrogens (primary N) is 1. The van der Waals surface area contributed by atoms with Crippen LogP contribution in [0.1, 0.15) is 18.5 Å². The van der Waals surface area contributed by atoms with Crippen LogP contribution in [0.5, 0.6) is 0 Å². The Balaban J connectivity index is 2.21. The first-order valence-corrected chi connectivity index (χ1v) is 6.33. The first-order valence-electron chi connectivity index (χ1n) is 5.01. The summed E-state index contributed by atoms with van der Waals surface area (Å²) < 4.78 is 0. The summed E-state index contributed by atoms with van der Waals surface area (Å²) in [5, 5.41) is 8.16. The second-order valence-corrected chi connectivity index (χ2v) is 4.81. The lowest BCUT2D eigenvalue weighted by Gasteiger charge is -2.17. The minimum absolute atomic E-state index is 0.202. The molecule has 1 aromatic heterocycles. The maximum atomic E-state index is 6.10. The van der Waals surface area contributed by atoms with Crippen molar-refractivity contribution in [3.05, 3.63) is 45.6 Å². The van der Waals surface area contributed by atoms with E-state index < -0.39 is 0 Å². The van der Waals surface area contributed by atoms with Gasteiger partial charge in [-0.15, -0.1) is 0 Å². The number of hydrogen-bond donors (Lipinski definition) is 2. The van der Waals surface area contributed by atoms with E-state index in [2.05, 4.69) is 29.1 Å². The van der Waals surface area contributed by atoms with E-state index in [1.54, 1.807) is 11.3 Å². The second-order valence-electron chi connectivity index (χ2n) is 3.63. The molecule has 0 saturated heterocycles. The second kappa shape index (κ2) is 4.76. The Kier molecular flexibility index (Phi) is 3.36. The number of nitrogen functional groups attached to an aromatic ring is 1. The van der Waals surface area contributed by atoms with Crippen molar-refractivity contribution in [1.29, 1.82) is 0 Å². The third-order valence-electron chi connectivity index (χ3n) is 2.45. The number of para-hydroxylation sites is 1. The van der Waals surface area contributed by atoms with Crippen LogP contribution in [0.4, 0.5) is 11.4 Å². The zero-order valence-electron chi connectivity index (χ0n) is 8.91. The van der Waals surface area contributed by atoms with Crippen molar-refractivity contribution in [2.24, 2.45) is 0 Å². The maximum Gasteiger partial charge on any atom is 0.0767 e. The molecule has 0 saturated carbocycles. The van der Waals surface area contributed by atoms with E-state index in [0.29, 0.717) is 10.7 Å². The lowest BCUT2D eigenvalue weighted by atomic mass is 10.1. The van der Waals surface area contributed by atoms with Crippen molar-refractivity contribution >= 4 is 34.3 Å². The normalized spacial score (nSPS) is 12.4. The Morgan fingerprint density at radius 2 is 2.19 bits per heavy atom. The van der Waals surface area contributed by atoms with E-state index >= 15 is 0 Å². The predicted molar refractivity (Wildman–Crippen MR) is 72.2 cm³/mol. The molecule has 0 aliphatic rings. The largest absolute Gasteiger partial charge is 0.397 e. The number of hydrogen-bond acceptors (Lipinski definition) is 3. The minimum Gasteiger partial charge on any atom is -0.397 e. The zero-order chi connectivity index (χ0) is 11.5. The Morgan fingerprint density at radius 3 is 2.81 bits per heavy atom. The summed E-state index contributed by atoms with van der Waals surface area (Å²) in [6.45, 7) is 2.09. The molecule has 2 nitrogen and oxygen atoms in total. The molecular formula is C12H13ClN2S. The number of rotatable bonds is 3. The highest BCUT2D eigenvalue weighted by molar-refractivity contribution is 7.08. The van der Waals surface area contributed by atoms with Crippen molar-refractivity contribution in [2.75, 3.05) is 11.1 Å². The SMILES string of the molecule is CC(Nc1c(N)cccc1Cl)c1ccsc1. The number of nitrogens with one attached hydrogen (secondary N) is 1. The number of halogens is 1. The average molecular weight is 253 g/mol. The smallest absolute Gasteiger partial charge is 0.0767 e. The van der Waals surface area contributed by atoms with Gasteiger partial charge in [-0.1, -0.05) is 17.7 Å². The van der Waals surface area contributed by atoms with Crippen molar-refractivity contribution in [2.45, 2.75) is 13.0 Å². The van der Waals surface area contributed by atoms with Crippen LogP contribution in [0, 0.1) is 0 Å². The van der Waals surface area contributed by atoms with Gasteiger partial charge in [0.05, 0.1) is 16.4 Å². The van der Waals surface area contributed by atoms with Crippen LogP contribution in [0.2, 0.25) is 5.02 Å². The highest BCUT2D eigenvalue weighted by Crippen LogP contribution is 2.31. The van der Waals surface area contributed by atoms with Gasteiger partial charge < -0.3 is 11.1 Å². The molecule has 84 valence electrons. The summed E-state index contributed by atoms with van der Waals surface area (Å²) in [5.74, 6) is 0. The van der Waals surface area contributed by atoms with Crippen molar-refractivity contribution in [3.8, 4) is 0 Å². The zero-order valence-corrected chi connectivity index (χ0v) is 10.5. The Morgan fingerprint density at radius 1 is 1.38 bits per heavy atom. The Labute approximate surface area is 104 Å². The van der Waals surface area contributed by atoms with Crippen LogP contribution in [-0.2, 0) is 0 Å². The Hall–Kier alpha value is -1.19. The molecule has 0 aliphatic heterocycles. The fraction of sp³-hybridized carbons (Fsp3) is 0.167. The van der Waals surface area contributed by atoms with Crippen LogP contribution in [0.15, 0.2) is 35.0 Å². The summed E-state index contributed by atoms with van der Waals surface area (Å²) in [6.07, 6.45) is 0. The molecule has 0 aliphatic carbocycles. The van der Waals surface area contributed by atoms with Gasteiger partial charge in [-0.2, -0.15) is 11.3 Å². The third-order valence-corrected chi connectivity index (χ3v) is 3.47. The molecule has 1 heterocycles. The highest BCUT2D eigenvalue weighted by Gasteiger charge is 2.09. The fourth-order valence-corrected chi connectivity index (χ4v) is 2.50. The molecule has 0 bridgehead atoms. The van der Waals surface area contributed by atoms with Crippen molar-refractivity contribution < 1.29 is 0 Å². The molecule has 1 aromatic carbocycles. The molecule has 0 radical (unpaired) electrons. The molecule has 0 spiro atoms. The maximum absolute atomic E-state index is 6.10. The van der Waals surface area contributed by atoms with Crippen LogP contribution in [0.3, 0.4) is 0 Å². The van der Waals surface area contributed by atoms with E-state index in [1.165, 1.54) is 5.56 Å². The van der Waals surface area contributed by atoms with Gasteiger partial charge in [0.2, 0.25) is 0 Å². The van der Waals surface area contributed by atoms with Gasteiger partial charge in [0.15, 0.2) is 0 Å². The summed E-state index contributed by atoms with van der Waals surface area (Å²) >= 11 is 7.78. The summed E-state index contributed by atoms with van der Waals surface area (Å²) in [6, 6.07) is 7.82. The van der Waals surface area contributed by atoms with Gasteiger partial charge in [0, 0.05) is 6.04 Å². The quantitative estimate of drug-likeness (QED) is 0.805. The molecule has 1 atom stereocenters. The first kappa shape index (κ1) is 11.3. The van der Waals surface area contributed by atoms with E-state index in [-0.39, 0.29) is 6.04 Å². The highest BCUT2D eigenvalue weighted by atomic mass is 35.5. The standard InChI is InChI=1S/C12H13ClN2S/c1-8(9-5-6-16-7-9)15-12-10(13)3-2-4-11(12)14/h2-8,15H,14H2,1H3. The minimum atomic E-state index is 0.202. The number of anilines is 2. The van der Waals surface area contributed by atoms with Crippen molar-refractivity contribution in [3.63, 3.8) is 0 Å². The topological polar surface area (TPSA) is 38.0 Å². The van der Waals surface area contributed by atoms with Gasteiger partial charge in [-0.3, -0.25) is 0 Å². The molecule has 3 N–H and O–H groups in total. The molecular weight excluding hydrogens is 240 g/mol. The summed E-state index contributed by atoms with van der Waals surface area (Å²) in [7, 11) is 0. The summed E-state index contributed by atoms with van der Waals surface area (Å²) in [4.78, 5) is 0. The lowest BCUT2D eigenvalue weighted by Crippen LogP contribution is -2.07. The van der Waals surface area contributed by atoms with Gasteiger partial charge >= 0.3 is 0 Å². The molecule has 0 fully saturated rings. The van der Waals surface area contributed by atoms with Gasteiger partial charge in [0.1, 0.15) is 0 Å². The fourth-order valence-electron chi connectivity index (χ4n) is 1.51. The molecule has 16 heavy (non-hydrogen) atoms. The van der Waals surface area contributed by atoms with Crippen LogP contribution < -0.4 is 11.1 Å². The van der Waals surface area contributed by atoms with E-state index in [1.807, 2.05) is 18.2 Å². The van der Waals surface area contributed by atoms with Gasteiger partial charge in [0.25, 0.3) is 0 Å². The van der Waals surface area contributed by atoms with Crippen LogP contribution in [-0.4, -0.2) is 0 Å². The van der Waals surface area contributed by atoms with Crippen LogP contribution in [0.25, 0.3) is 0 Å². The Bertz CT molecular complexity index is 448. The average Bonchev–Trinajstić information content (AvgIpc) is 2.76. The molecule has 2 rings (SSSR count). The van der Waals surface area contributed by atoms with E-state index in [0.717, 1.165) is 5.69 Å². The van der Waals surface area contributed by atoms with Crippen molar-refractivity contribution in [1.82, 2.24) is 0 Å². The van der Waals surface area contributed by atoms with Gasteiger partial charge in [-0.25, -0.2) is 0 Å². The molecule has 1 unspecified atom stereocenters. The molecule has 4 heteroatoms. The molecule has 0 amide bonds. The third kappa shape index (κ3) is 2.31. The summed E-state index contributed by atoms with van der Waals surface area (Å²) in [5.41, 5.74) is 8.60. The molecule has 2 aromatic rings.